The lowest BCUT2D eigenvalue weighted by Crippen LogP contribution is -2.45. The molecule has 2 rings (SSSR count). The lowest BCUT2D eigenvalue weighted by molar-refractivity contribution is -0.164. The van der Waals surface area contributed by atoms with Gasteiger partial charge in [0.25, 0.3) is 0 Å². The van der Waals surface area contributed by atoms with E-state index < -0.39 is 35.9 Å². The molecular formula is C26H40O7. The maximum Gasteiger partial charge on any atom is 0.303 e. The van der Waals surface area contributed by atoms with Crippen LogP contribution in [0.15, 0.2) is 23.8 Å². The number of aliphatic hydroxyl groups is 1. The van der Waals surface area contributed by atoms with Gasteiger partial charge in [0.1, 0.15) is 11.7 Å². The van der Waals surface area contributed by atoms with Crippen LogP contribution in [0, 0.1) is 23.2 Å². The van der Waals surface area contributed by atoms with Crippen molar-refractivity contribution in [2.75, 3.05) is 0 Å². The topological polar surface area (TPSA) is 99.1 Å². The van der Waals surface area contributed by atoms with Crippen molar-refractivity contribution >= 4 is 17.9 Å². The first kappa shape index (κ1) is 27.1. The molecule has 0 saturated heterocycles. The van der Waals surface area contributed by atoms with Crippen molar-refractivity contribution in [1.82, 2.24) is 0 Å². The van der Waals surface area contributed by atoms with Gasteiger partial charge in [0.05, 0.1) is 6.10 Å². The quantitative estimate of drug-likeness (QED) is 0.379. The molecule has 2 aliphatic rings. The van der Waals surface area contributed by atoms with Gasteiger partial charge in [-0.1, -0.05) is 31.6 Å². The molecule has 0 bridgehead atoms. The molecule has 186 valence electrons. The lowest BCUT2D eigenvalue weighted by atomic mass is 9.68. The van der Waals surface area contributed by atoms with Gasteiger partial charge >= 0.3 is 17.9 Å². The number of hydrogen-bond donors (Lipinski definition) is 1. The summed E-state index contributed by atoms with van der Waals surface area (Å²) in [5, 5.41) is 11.4. The summed E-state index contributed by atoms with van der Waals surface area (Å²) in [5.41, 5.74) is -0.246. The second-order valence-electron chi connectivity index (χ2n) is 10.5. The van der Waals surface area contributed by atoms with Crippen LogP contribution in [0.25, 0.3) is 0 Å². The van der Waals surface area contributed by atoms with Gasteiger partial charge in [0, 0.05) is 38.5 Å². The third-order valence-electron chi connectivity index (χ3n) is 7.11. The smallest absolute Gasteiger partial charge is 0.303 e. The Morgan fingerprint density at radius 1 is 1.09 bits per heavy atom. The zero-order valence-corrected chi connectivity index (χ0v) is 21.2. The van der Waals surface area contributed by atoms with Crippen LogP contribution in [-0.2, 0) is 28.6 Å². The largest absolute Gasteiger partial charge is 0.460 e. The van der Waals surface area contributed by atoms with Gasteiger partial charge in [-0.05, 0) is 51.5 Å². The van der Waals surface area contributed by atoms with Crippen molar-refractivity contribution in [3.05, 3.63) is 23.8 Å². The van der Waals surface area contributed by atoms with Gasteiger partial charge in [0.2, 0.25) is 0 Å². The van der Waals surface area contributed by atoms with Crippen molar-refractivity contribution < 1.29 is 33.7 Å². The molecule has 1 N–H and O–H groups in total. The molecule has 1 saturated carbocycles. The molecule has 2 aliphatic carbocycles. The van der Waals surface area contributed by atoms with E-state index in [9.17, 15) is 19.5 Å². The number of hydrogen-bond acceptors (Lipinski definition) is 7. The second kappa shape index (κ2) is 10.4. The van der Waals surface area contributed by atoms with E-state index in [1.54, 1.807) is 6.08 Å². The Hall–Kier alpha value is -2.15. The summed E-state index contributed by atoms with van der Waals surface area (Å²) in [6, 6.07) is 0. The Morgan fingerprint density at radius 3 is 2.24 bits per heavy atom. The highest BCUT2D eigenvalue weighted by molar-refractivity contribution is 5.67. The summed E-state index contributed by atoms with van der Waals surface area (Å²) in [6.07, 6.45) is 5.69. The zero-order valence-electron chi connectivity index (χ0n) is 21.2. The monoisotopic (exact) mass is 464 g/mol. The minimum absolute atomic E-state index is 0.0385. The second-order valence-corrected chi connectivity index (χ2v) is 10.5. The highest BCUT2D eigenvalue weighted by Crippen LogP contribution is 2.55. The van der Waals surface area contributed by atoms with E-state index in [1.165, 1.54) is 20.8 Å². The molecule has 7 nitrogen and oxygen atoms in total. The SMILES string of the molecule is CC(=O)O[C@H]1[C@@H](OC(C)=O)/C=C(\C)C[C@H](O)[C@H]2[C@H](C(C)(C)OC(C)=O)CC[C@]2(C)/C=C/[C@@H]1C. The highest BCUT2D eigenvalue weighted by Gasteiger charge is 2.53. The first-order valence-corrected chi connectivity index (χ1v) is 11.7. The van der Waals surface area contributed by atoms with Crippen molar-refractivity contribution in [2.24, 2.45) is 23.2 Å². The summed E-state index contributed by atoms with van der Waals surface area (Å²) in [7, 11) is 0. The maximum absolute atomic E-state index is 11.8. The molecule has 0 aromatic heterocycles. The van der Waals surface area contributed by atoms with E-state index in [0.29, 0.717) is 6.42 Å². The Morgan fingerprint density at radius 2 is 1.70 bits per heavy atom. The van der Waals surface area contributed by atoms with Crippen LogP contribution < -0.4 is 0 Å². The van der Waals surface area contributed by atoms with E-state index in [4.69, 9.17) is 14.2 Å². The molecular weight excluding hydrogens is 424 g/mol. The average Bonchev–Trinajstić information content (AvgIpc) is 3.00. The summed E-state index contributed by atoms with van der Waals surface area (Å²) >= 11 is 0. The van der Waals surface area contributed by atoms with E-state index in [2.05, 4.69) is 13.0 Å². The van der Waals surface area contributed by atoms with Crippen LogP contribution in [0.1, 0.15) is 74.7 Å². The van der Waals surface area contributed by atoms with Crippen molar-refractivity contribution in [3.63, 3.8) is 0 Å². The minimum Gasteiger partial charge on any atom is -0.460 e. The molecule has 0 unspecified atom stereocenters. The third-order valence-corrected chi connectivity index (χ3v) is 7.11. The number of carbonyl (C=O) groups is 3. The molecule has 7 atom stereocenters. The van der Waals surface area contributed by atoms with E-state index in [-0.39, 0.29) is 29.1 Å². The van der Waals surface area contributed by atoms with E-state index in [1.807, 2.05) is 33.8 Å². The number of rotatable bonds is 4. The van der Waals surface area contributed by atoms with Gasteiger partial charge in [-0.2, -0.15) is 0 Å². The van der Waals surface area contributed by atoms with Crippen LogP contribution in [0.4, 0.5) is 0 Å². The fourth-order valence-electron chi connectivity index (χ4n) is 5.74. The Kier molecular flexibility index (Phi) is 8.55. The Bertz CT molecular complexity index is 811. The molecule has 0 aliphatic heterocycles. The number of ether oxygens (including phenoxy) is 3. The predicted molar refractivity (Wildman–Crippen MR) is 124 cm³/mol. The molecule has 0 aromatic carbocycles. The van der Waals surface area contributed by atoms with E-state index >= 15 is 0 Å². The van der Waals surface area contributed by atoms with Crippen LogP contribution in [-0.4, -0.2) is 46.9 Å². The summed E-state index contributed by atoms with van der Waals surface area (Å²) in [4.78, 5) is 35.4. The molecule has 33 heavy (non-hydrogen) atoms. The normalized spacial score (nSPS) is 37.5. The molecule has 0 aromatic rings. The van der Waals surface area contributed by atoms with Crippen LogP contribution in [0.2, 0.25) is 0 Å². The fourth-order valence-corrected chi connectivity index (χ4v) is 5.74. The van der Waals surface area contributed by atoms with Gasteiger partial charge in [-0.3, -0.25) is 14.4 Å². The number of allylic oxidation sites excluding steroid dienone is 1. The number of fused-ring (bicyclic) bond motifs is 1. The molecule has 7 heteroatoms. The van der Waals surface area contributed by atoms with Crippen LogP contribution in [0.3, 0.4) is 0 Å². The van der Waals surface area contributed by atoms with Crippen molar-refractivity contribution in [2.45, 2.75) is 98.6 Å². The molecule has 0 radical (unpaired) electrons. The van der Waals surface area contributed by atoms with Gasteiger partial charge in [-0.15, -0.1) is 0 Å². The molecule has 1 fully saturated rings. The van der Waals surface area contributed by atoms with Crippen LogP contribution >= 0.6 is 0 Å². The number of carbonyl (C=O) groups excluding carboxylic acids is 3. The number of esters is 3. The highest BCUT2D eigenvalue weighted by atomic mass is 16.6. The maximum atomic E-state index is 11.8. The lowest BCUT2D eigenvalue weighted by Gasteiger charge is -2.41. The molecule has 0 spiro atoms. The van der Waals surface area contributed by atoms with Gasteiger partial charge in [-0.25, -0.2) is 0 Å². The molecule has 0 heterocycles. The standard InChI is InChI=1S/C26H40O7/c1-15-13-21(30)23-20(25(6,7)33-19(5)29)10-12-26(23,8)11-9-16(2)24(32-18(4)28)22(14-15)31-17(3)27/h9,11,14,16,20-24,30H,10,12-13H2,1-8H3/b11-9+,15-14+/t16-,20+,21-,22-,23+,24+,26-/m0/s1. The van der Waals surface area contributed by atoms with Gasteiger partial charge in [0.15, 0.2) is 6.10 Å². The molecule has 0 amide bonds. The van der Waals surface area contributed by atoms with Crippen molar-refractivity contribution in [1.29, 1.82) is 0 Å². The van der Waals surface area contributed by atoms with Crippen molar-refractivity contribution in [3.8, 4) is 0 Å². The first-order valence-electron chi connectivity index (χ1n) is 11.7. The minimum atomic E-state index is -0.766. The Labute approximate surface area is 197 Å². The summed E-state index contributed by atoms with van der Waals surface area (Å²) < 4.78 is 16.8. The number of aliphatic hydroxyl groups excluding tert-OH is 1. The zero-order chi connectivity index (χ0) is 25.1. The summed E-state index contributed by atoms with van der Waals surface area (Å²) in [5.74, 6) is -1.70. The Balaban J connectivity index is 2.54. The first-order chi connectivity index (χ1) is 15.2. The van der Waals surface area contributed by atoms with Crippen LogP contribution in [0.5, 0.6) is 0 Å². The van der Waals surface area contributed by atoms with Gasteiger partial charge < -0.3 is 19.3 Å². The predicted octanol–water partition coefficient (Wildman–Crippen LogP) is 4.13. The fraction of sp³-hybridized carbons (Fsp3) is 0.731. The summed E-state index contributed by atoms with van der Waals surface area (Å²) in [6.45, 7) is 13.8. The van der Waals surface area contributed by atoms with E-state index in [0.717, 1.165) is 18.4 Å². The average molecular weight is 465 g/mol. The third kappa shape index (κ3) is 6.69.